The fourth-order valence-electron chi connectivity index (χ4n) is 4.03. The van der Waals surface area contributed by atoms with Crippen LogP contribution in [0, 0.1) is 0 Å². The van der Waals surface area contributed by atoms with Crippen LogP contribution in [0.1, 0.15) is 51.5 Å². The van der Waals surface area contributed by atoms with Gasteiger partial charge in [0, 0.05) is 34.7 Å². The van der Waals surface area contributed by atoms with Gasteiger partial charge in [-0.05, 0) is 50.3 Å². The molecule has 3 nitrogen and oxygen atoms in total. The van der Waals surface area contributed by atoms with Crippen LogP contribution in [0.3, 0.4) is 0 Å². The summed E-state index contributed by atoms with van der Waals surface area (Å²) in [6.07, 6.45) is 0.647. The Balaban J connectivity index is 2.17. The molecule has 0 amide bonds. The van der Waals surface area contributed by atoms with Gasteiger partial charge in [-0.15, -0.1) is 0 Å². The molecule has 1 aromatic heterocycles. The fraction of sp³-hybridized carbons (Fsp3) is 0.526. The highest BCUT2D eigenvalue weighted by atomic mass is 19.4. The van der Waals surface area contributed by atoms with Gasteiger partial charge < -0.3 is 9.88 Å². The molecular formula is C19H23F3N2O. The lowest BCUT2D eigenvalue weighted by atomic mass is 9.91. The van der Waals surface area contributed by atoms with E-state index < -0.39 is 17.3 Å². The molecule has 1 aliphatic rings. The predicted molar refractivity (Wildman–Crippen MR) is 94.1 cm³/mol. The summed E-state index contributed by atoms with van der Waals surface area (Å²) in [5.74, 6) is 0. The van der Waals surface area contributed by atoms with Crippen LogP contribution in [0.4, 0.5) is 18.9 Å². The minimum Gasteiger partial charge on any atom is -0.366 e. The number of aromatic amines is 1. The van der Waals surface area contributed by atoms with E-state index in [2.05, 4.69) is 23.7 Å². The quantitative estimate of drug-likeness (QED) is 0.835. The van der Waals surface area contributed by atoms with Crippen molar-refractivity contribution in [3.05, 3.63) is 40.2 Å². The molecular weight excluding hydrogens is 329 g/mol. The van der Waals surface area contributed by atoms with E-state index >= 15 is 0 Å². The van der Waals surface area contributed by atoms with Gasteiger partial charge in [-0.2, -0.15) is 13.2 Å². The van der Waals surface area contributed by atoms with Crippen LogP contribution in [-0.2, 0) is 6.18 Å². The van der Waals surface area contributed by atoms with Gasteiger partial charge in [-0.25, -0.2) is 0 Å². The van der Waals surface area contributed by atoms with Gasteiger partial charge in [-0.3, -0.25) is 4.79 Å². The molecule has 3 rings (SSSR count). The monoisotopic (exact) mass is 352 g/mol. The zero-order chi connectivity index (χ0) is 18.2. The van der Waals surface area contributed by atoms with Crippen LogP contribution in [-0.4, -0.2) is 17.1 Å². The lowest BCUT2D eigenvalue weighted by molar-refractivity contribution is -0.136. The van der Waals surface area contributed by atoms with Crippen molar-refractivity contribution in [1.82, 2.24) is 4.98 Å². The van der Waals surface area contributed by atoms with E-state index in [-0.39, 0.29) is 10.9 Å². The van der Waals surface area contributed by atoms with Crippen molar-refractivity contribution < 1.29 is 13.2 Å². The molecule has 1 saturated heterocycles. The van der Waals surface area contributed by atoms with Crippen LogP contribution in [0.25, 0.3) is 10.9 Å². The Morgan fingerprint density at radius 1 is 1.12 bits per heavy atom. The number of nitrogens with zero attached hydrogens (tertiary/aromatic N) is 1. The summed E-state index contributed by atoms with van der Waals surface area (Å²) in [6, 6.07) is 6.34. The highest BCUT2D eigenvalue weighted by Crippen LogP contribution is 2.37. The summed E-state index contributed by atoms with van der Waals surface area (Å²) in [4.78, 5) is 16.4. The fourth-order valence-corrected chi connectivity index (χ4v) is 4.03. The average molecular weight is 352 g/mol. The van der Waals surface area contributed by atoms with Crippen molar-refractivity contribution in [3.8, 4) is 0 Å². The first-order valence-electron chi connectivity index (χ1n) is 8.87. The number of rotatable bonds is 3. The molecule has 136 valence electrons. The molecule has 2 aromatic rings. The third-order valence-corrected chi connectivity index (χ3v) is 5.23. The number of aromatic nitrogens is 1. The van der Waals surface area contributed by atoms with Crippen molar-refractivity contribution in [2.45, 2.75) is 64.2 Å². The van der Waals surface area contributed by atoms with Crippen LogP contribution < -0.4 is 10.5 Å². The van der Waals surface area contributed by atoms with E-state index in [1.54, 1.807) is 12.1 Å². The first-order chi connectivity index (χ1) is 11.8. The number of benzene rings is 1. The number of hydrogen-bond donors (Lipinski definition) is 1. The second kappa shape index (κ2) is 6.73. The largest absolute Gasteiger partial charge is 0.417 e. The molecule has 0 radical (unpaired) electrons. The molecule has 1 N–H and O–H groups in total. The summed E-state index contributed by atoms with van der Waals surface area (Å²) in [7, 11) is 0. The molecule has 0 saturated carbocycles. The van der Waals surface area contributed by atoms with Crippen LogP contribution >= 0.6 is 0 Å². The Kier molecular flexibility index (Phi) is 4.80. The average Bonchev–Trinajstić information content (AvgIpc) is 2.59. The first kappa shape index (κ1) is 17.8. The molecule has 0 spiro atoms. The Labute approximate surface area is 144 Å². The summed E-state index contributed by atoms with van der Waals surface area (Å²) in [5, 5.41) is 0.0554. The number of halogens is 3. The van der Waals surface area contributed by atoms with E-state index in [9.17, 15) is 18.0 Å². The molecule has 2 atom stereocenters. The van der Waals surface area contributed by atoms with Crippen molar-refractivity contribution in [3.63, 3.8) is 0 Å². The SMILES string of the molecule is CC[C@@H]1CCC[C@H](CC)N1c1ccc2[nH]c(=O)cc(C(F)(F)F)c2c1. The van der Waals surface area contributed by atoms with Gasteiger partial charge in [-0.1, -0.05) is 13.8 Å². The Bertz CT molecular complexity index is 800. The van der Waals surface area contributed by atoms with Gasteiger partial charge in [0.2, 0.25) is 5.56 Å². The minimum atomic E-state index is -4.55. The van der Waals surface area contributed by atoms with E-state index in [0.29, 0.717) is 18.2 Å². The summed E-state index contributed by atoms with van der Waals surface area (Å²) < 4.78 is 40.2. The van der Waals surface area contributed by atoms with Gasteiger partial charge in [0.05, 0.1) is 5.56 Å². The number of hydrogen-bond acceptors (Lipinski definition) is 2. The van der Waals surface area contributed by atoms with E-state index in [0.717, 1.165) is 37.8 Å². The number of anilines is 1. The third kappa shape index (κ3) is 3.39. The zero-order valence-electron chi connectivity index (χ0n) is 14.5. The van der Waals surface area contributed by atoms with Gasteiger partial charge in [0.25, 0.3) is 0 Å². The second-order valence-corrected chi connectivity index (χ2v) is 6.74. The van der Waals surface area contributed by atoms with Crippen LogP contribution in [0.2, 0.25) is 0 Å². The van der Waals surface area contributed by atoms with Gasteiger partial charge >= 0.3 is 6.18 Å². The maximum atomic E-state index is 13.4. The van der Waals surface area contributed by atoms with Gasteiger partial charge in [0.1, 0.15) is 0 Å². The first-order valence-corrected chi connectivity index (χ1v) is 8.87. The van der Waals surface area contributed by atoms with Crippen LogP contribution in [0.5, 0.6) is 0 Å². The number of alkyl halides is 3. The summed E-state index contributed by atoms with van der Waals surface area (Å²) in [5.41, 5.74) is -0.570. The standard InChI is InChI=1S/C19H23F3N2O/c1-3-12-6-5-7-13(4-2)24(12)14-8-9-17-15(10-14)16(19(20,21)22)11-18(25)23-17/h8-13H,3-7H2,1-2H3,(H,23,25)/t12-,13+. The number of H-pyrrole nitrogens is 1. The molecule has 0 bridgehead atoms. The minimum absolute atomic E-state index is 0.0554. The Hall–Kier alpha value is -1.98. The molecule has 1 fully saturated rings. The molecule has 0 unspecified atom stereocenters. The molecule has 25 heavy (non-hydrogen) atoms. The lowest BCUT2D eigenvalue weighted by Gasteiger charge is -2.43. The maximum Gasteiger partial charge on any atom is 0.417 e. The lowest BCUT2D eigenvalue weighted by Crippen LogP contribution is -2.46. The van der Waals surface area contributed by atoms with Gasteiger partial charge in [0.15, 0.2) is 0 Å². The molecule has 0 aliphatic carbocycles. The summed E-state index contributed by atoms with van der Waals surface area (Å²) in [6.45, 7) is 4.24. The topological polar surface area (TPSA) is 36.1 Å². The highest BCUT2D eigenvalue weighted by Gasteiger charge is 2.34. The second-order valence-electron chi connectivity index (χ2n) is 6.74. The molecule has 1 aromatic carbocycles. The molecule has 1 aliphatic heterocycles. The number of fused-ring (bicyclic) bond motifs is 1. The van der Waals surface area contributed by atoms with Crippen molar-refractivity contribution in [2.24, 2.45) is 0 Å². The number of nitrogens with one attached hydrogen (secondary N) is 1. The smallest absolute Gasteiger partial charge is 0.366 e. The van der Waals surface area contributed by atoms with E-state index in [4.69, 9.17) is 0 Å². The number of pyridine rings is 1. The van der Waals surface area contributed by atoms with E-state index in [1.807, 2.05) is 6.07 Å². The maximum absolute atomic E-state index is 13.4. The summed E-state index contributed by atoms with van der Waals surface area (Å²) >= 11 is 0. The van der Waals surface area contributed by atoms with Crippen molar-refractivity contribution in [2.75, 3.05) is 4.90 Å². The van der Waals surface area contributed by atoms with Crippen molar-refractivity contribution >= 4 is 16.6 Å². The van der Waals surface area contributed by atoms with Crippen LogP contribution in [0.15, 0.2) is 29.1 Å². The number of piperidine rings is 1. The Morgan fingerprint density at radius 3 is 2.32 bits per heavy atom. The molecule has 6 heteroatoms. The highest BCUT2D eigenvalue weighted by molar-refractivity contribution is 5.86. The van der Waals surface area contributed by atoms with Crippen molar-refractivity contribution in [1.29, 1.82) is 0 Å². The van der Waals surface area contributed by atoms with E-state index in [1.165, 1.54) is 0 Å². The predicted octanol–water partition coefficient (Wildman–Crippen LogP) is 5.09. The zero-order valence-corrected chi connectivity index (χ0v) is 14.5. The normalized spacial score (nSPS) is 21.7. The Morgan fingerprint density at radius 2 is 1.76 bits per heavy atom. The third-order valence-electron chi connectivity index (χ3n) is 5.23. The molecule has 2 heterocycles.